The van der Waals surface area contributed by atoms with E-state index in [1.807, 2.05) is 12.3 Å². The molecule has 0 saturated carbocycles. The zero-order valence-electron chi connectivity index (χ0n) is 5.13. The fourth-order valence-electron chi connectivity index (χ4n) is 1.01. The van der Waals surface area contributed by atoms with Crippen molar-refractivity contribution in [3.8, 4) is 0 Å². The number of hydrogen-bond acceptors (Lipinski definition) is 1. The molecule has 1 aliphatic rings. The zero-order chi connectivity index (χ0) is 6.10. The van der Waals surface area contributed by atoms with Crippen LogP contribution < -0.4 is 0 Å². The van der Waals surface area contributed by atoms with Gasteiger partial charge in [-0.25, -0.2) is 0 Å². The standard InChI is InChI=1S/C7H9NO/c1-2-7(8-3-1)6-4-9-5-6/h1-3,6,8H,4-5H2. The number of nitrogens with one attached hydrogen (secondary N) is 1. The van der Waals surface area contributed by atoms with E-state index in [0.717, 1.165) is 13.2 Å². The highest BCUT2D eigenvalue weighted by Crippen LogP contribution is 2.21. The third-order valence-corrected chi connectivity index (χ3v) is 1.70. The predicted molar refractivity (Wildman–Crippen MR) is 34.4 cm³/mol. The Balaban J connectivity index is 2.14. The Labute approximate surface area is 53.8 Å². The van der Waals surface area contributed by atoms with Gasteiger partial charge in [0, 0.05) is 17.8 Å². The smallest absolute Gasteiger partial charge is 0.0571 e. The van der Waals surface area contributed by atoms with E-state index in [-0.39, 0.29) is 0 Å². The van der Waals surface area contributed by atoms with E-state index in [9.17, 15) is 0 Å². The molecule has 1 fully saturated rings. The molecule has 2 heteroatoms. The predicted octanol–water partition coefficient (Wildman–Crippen LogP) is 1.13. The molecule has 2 nitrogen and oxygen atoms in total. The summed E-state index contributed by atoms with van der Waals surface area (Å²) in [6.45, 7) is 1.78. The van der Waals surface area contributed by atoms with Crippen molar-refractivity contribution in [3.63, 3.8) is 0 Å². The number of H-pyrrole nitrogens is 1. The van der Waals surface area contributed by atoms with Crippen LogP contribution in [0.3, 0.4) is 0 Å². The van der Waals surface area contributed by atoms with E-state index in [4.69, 9.17) is 4.74 Å². The summed E-state index contributed by atoms with van der Waals surface area (Å²) in [5.41, 5.74) is 1.31. The largest absolute Gasteiger partial charge is 0.380 e. The van der Waals surface area contributed by atoms with Crippen LogP contribution in [-0.2, 0) is 4.74 Å². The third kappa shape index (κ3) is 0.754. The minimum absolute atomic E-state index is 0.639. The molecule has 0 aromatic carbocycles. The molecular formula is C7H9NO. The fraction of sp³-hybridized carbons (Fsp3) is 0.429. The lowest BCUT2D eigenvalue weighted by Crippen LogP contribution is -2.25. The second-order valence-electron chi connectivity index (χ2n) is 2.36. The SMILES string of the molecule is c1c[nH]c(C2COC2)c1. The van der Waals surface area contributed by atoms with Crippen LogP contribution in [0.5, 0.6) is 0 Å². The Bertz CT molecular complexity index is 177. The summed E-state index contributed by atoms with van der Waals surface area (Å²) >= 11 is 0. The summed E-state index contributed by atoms with van der Waals surface area (Å²) in [6.07, 6.45) is 1.95. The van der Waals surface area contributed by atoms with Crippen molar-refractivity contribution in [1.82, 2.24) is 4.98 Å². The van der Waals surface area contributed by atoms with E-state index in [0.29, 0.717) is 5.92 Å². The van der Waals surface area contributed by atoms with Crippen LogP contribution >= 0.6 is 0 Å². The van der Waals surface area contributed by atoms with Crippen LogP contribution in [0.2, 0.25) is 0 Å². The van der Waals surface area contributed by atoms with Crippen LogP contribution in [-0.4, -0.2) is 18.2 Å². The molecule has 1 N–H and O–H groups in total. The normalized spacial score (nSPS) is 19.6. The van der Waals surface area contributed by atoms with Gasteiger partial charge in [-0.05, 0) is 12.1 Å². The highest BCUT2D eigenvalue weighted by atomic mass is 16.5. The molecule has 9 heavy (non-hydrogen) atoms. The maximum Gasteiger partial charge on any atom is 0.0571 e. The molecule has 0 bridgehead atoms. The molecule has 1 saturated heterocycles. The van der Waals surface area contributed by atoms with Crippen LogP contribution in [0.4, 0.5) is 0 Å². The van der Waals surface area contributed by atoms with Crippen LogP contribution in [0, 0.1) is 0 Å². The second kappa shape index (κ2) is 1.88. The number of hydrogen-bond donors (Lipinski definition) is 1. The van der Waals surface area contributed by atoms with E-state index in [1.54, 1.807) is 0 Å². The Hall–Kier alpha value is -0.760. The first-order valence-electron chi connectivity index (χ1n) is 3.18. The first-order valence-corrected chi connectivity index (χ1v) is 3.18. The molecular weight excluding hydrogens is 114 g/mol. The van der Waals surface area contributed by atoms with Gasteiger partial charge in [-0.1, -0.05) is 0 Å². The topological polar surface area (TPSA) is 25.0 Å². The van der Waals surface area contributed by atoms with Gasteiger partial charge in [-0.15, -0.1) is 0 Å². The van der Waals surface area contributed by atoms with Crippen LogP contribution in [0.15, 0.2) is 18.3 Å². The van der Waals surface area contributed by atoms with Gasteiger partial charge in [0.2, 0.25) is 0 Å². The molecule has 1 aromatic heterocycles. The average Bonchev–Trinajstić information content (AvgIpc) is 2.11. The maximum atomic E-state index is 5.04. The minimum atomic E-state index is 0.639. The molecule has 0 aliphatic carbocycles. The number of aromatic amines is 1. The molecule has 1 aliphatic heterocycles. The van der Waals surface area contributed by atoms with Crippen molar-refractivity contribution in [2.24, 2.45) is 0 Å². The Kier molecular flexibility index (Phi) is 1.06. The average molecular weight is 123 g/mol. The van der Waals surface area contributed by atoms with Gasteiger partial charge < -0.3 is 9.72 Å². The summed E-state index contributed by atoms with van der Waals surface area (Å²) in [4.78, 5) is 3.16. The number of aromatic nitrogens is 1. The first kappa shape index (κ1) is 5.06. The van der Waals surface area contributed by atoms with Gasteiger partial charge in [0.05, 0.1) is 13.2 Å². The maximum absolute atomic E-state index is 5.04. The Morgan fingerprint density at radius 1 is 1.56 bits per heavy atom. The second-order valence-corrected chi connectivity index (χ2v) is 2.36. The van der Waals surface area contributed by atoms with E-state index >= 15 is 0 Å². The van der Waals surface area contributed by atoms with Crippen molar-refractivity contribution >= 4 is 0 Å². The van der Waals surface area contributed by atoms with Gasteiger partial charge in [0.25, 0.3) is 0 Å². The number of ether oxygens (including phenoxy) is 1. The van der Waals surface area contributed by atoms with Gasteiger partial charge in [-0.3, -0.25) is 0 Å². The lowest BCUT2D eigenvalue weighted by atomic mass is 10.1. The first-order chi connectivity index (χ1) is 4.47. The van der Waals surface area contributed by atoms with Crippen molar-refractivity contribution in [1.29, 1.82) is 0 Å². The van der Waals surface area contributed by atoms with E-state index in [2.05, 4.69) is 11.1 Å². The molecule has 0 unspecified atom stereocenters. The molecule has 0 amide bonds. The summed E-state index contributed by atoms with van der Waals surface area (Å²) in [5.74, 6) is 0.639. The summed E-state index contributed by atoms with van der Waals surface area (Å²) in [5, 5.41) is 0. The molecule has 2 rings (SSSR count). The van der Waals surface area contributed by atoms with Crippen molar-refractivity contribution in [2.75, 3.05) is 13.2 Å². The van der Waals surface area contributed by atoms with Gasteiger partial charge in [-0.2, -0.15) is 0 Å². The van der Waals surface area contributed by atoms with Gasteiger partial charge >= 0.3 is 0 Å². The monoisotopic (exact) mass is 123 g/mol. The molecule has 1 aromatic rings. The Morgan fingerprint density at radius 3 is 2.89 bits per heavy atom. The fourth-order valence-corrected chi connectivity index (χ4v) is 1.01. The molecule has 2 heterocycles. The summed E-state index contributed by atoms with van der Waals surface area (Å²) < 4.78 is 5.04. The van der Waals surface area contributed by atoms with Crippen LogP contribution in [0.25, 0.3) is 0 Å². The summed E-state index contributed by atoms with van der Waals surface area (Å²) in [7, 11) is 0. The van der Waals surface area contributed by atoms with Gasteiger partial charge in [0.1, 0.15) is 0 Å². The van der Waals surface area contributed by atoms with E-state index in [1.165, 1.54) is 5.69 Å². The highest BCUT2D eigenvalue weighted by Gasteiger charge is 2.20. The van der Waals surface area contributed by atoms with Crippen molar-refractivity contribution in [2.45, 2.75) is 5.92 Å². The molecule has 48 valence electrons. The van der Waals surface area contributed by atoms with Crippen LogP contribution in [0.1, 0.15) is 11.6 Å². The number of rotatable bonds is 1. The van der Waals surface area contributed by atoms with Crippen molar-refractivity contribution in [3.05, 3.63) is 24.0 Å². The molecule has 0 radical (unpaired) electrons. The minimum Gasteiger partial charge on any atom is -0.380 e. The highest BCUT2D eigenvalue weighted by molar-refractivity contribution is 5.11. The lowest BCUT2D eigenvalue weighted by Gasteiger charge is -2.24. The quantitative estimate of drug-likeness (QED) is 0.595. The van der Waals surface area contributed by atoms with E-state index < -0.39 is 0 Å². The molecule has 0 spiro atoms. The zero-order valence-corrected chi connectivity index (χ0v) is 5.13. The lowest BCUT2D eigenvalue weighted by molar-refractivity contribution is 0.00692. The van der Waals surface area contributed by atoms with Gasteiger partial charge in [0.15, 0.2) is 0 Å². The Morgan fingerprint density at radius 2 is 2.44 bits per heavy atom. The van der Waals surface area contributed by atoms with Crippen molar-refractivity contribution < 1.29 is 4.74 Å². The molecule has 0 atom stereocenters. The summed E-state index contributed by atoms with van der Waals surface area (Å²) in [6, 6.07) is 4.13. The third-order valence-electron chi connectivity index (χ3n) is 1.70.